The molecule has 0 bridgehead atoms. The smallest absolute Gasteiger partial charge is 0.283 e. The normalized spacial score (nSPS) is 10.5. The summed E-state index contributed by atoms with van der Waals surface area (Å²) in [7, 11) is 0. The second kappa shape index (κ2) is 2.48. The number of rotatable bonds is 1. The molecule has 2 aromatic heterocycles. The Labute approximate surface area is 69.2 Å². The van der Waals surface area contributed by atoms with Crippen molar-refractivity contribution in [1.82, 2.24) is 10.2 Å². The van der Waals surface area contributed by atoms with E-state index in [9.17, 15) is 0 Å². The number of furan rings is 1. The molecular formula is C8H8N2O2. The van der Waals surface area contributed by atoms with Gasteiger partial charge in [0.15, 0.2) is 5.76 Å². The summed E-state index contributed by atoms with van der Waals surface area (Å²) in [6.45, 7) is 3.61. The highest BCUT2D eigenvalue weighted by atomic mass is 16.4. The van der Waals surface area contributed by atoms with Crippen LogP contribution in [0.5, 0.6) is 0 Å². The number of hydrogen-bond acceptors (Lipinski definition) is 4. The maximum absolute atomic E-state index is 5.29. The minimum atomic E-state index is 0.431. The summed E-state index contributed by atoms with van der Waals surface area (Å²) in [5.74, 6) is 2.42. The number of aryl methyl sites for hydroxylation is 2. The average molecular weight is 164 g/mol. The van der Waals surface area contributed by atoms with E-state index in [4.69, 9.17) is 8.83 Å². The van der Waals surface area contributed by atoms with Crippen molar-refractivity contribution in [3.05, 3.63) is 23.8 Å². The van der Waals surface area contributed by atoms with Gasteiger partial charge < -0.3 is 8.83 Å². The molecule has 2 aromatic rings. The van der Waals surface area contributed by atoms with Crippen molar-refractivity contribution in [2.24, 2.45) is 0 Å². The van der Waals surface area contributed by atoms with Gasteiger partial charge in [-0.05, 0) is 19.1 Å². The van der Waals surface area contributed by atoms with Gasteiger partial charge in [0.2, 0.25) is 5.89 Å². The summed E-state index contributed by atoms with van der Waals surface area (Å²) in [5, 5.41) is 7.51. The van der Waals surface area contributed by atoms with E-state index in [2.05, 4.69) is 10.2 Å². The van der Waals surface area contributed by atoms with Crippen LogP contribution in [0.3, 0.4) is 0 Å². The molecule has 0 fully saturated rings. The second-order valence-electron chi connectivity index (χ2n) is 2.54. The molecule has 4 nitrogen and oxygen atoms in total. The molecule has 0 radical (unpaired) electrons. The number of nitrogens with zero attached hydrogens (tertiary/aromatic N) is 2. The molecule has 0 aliphatic carbocycles. The molecular weight excluding hydrogens is 156 g/mol. The first-order chi connectivity index (χ1) is 5.75. The third-order valence-corrected chi connectivity index (χ3v) is 1.48. The molecule has 0 aliphatic rings. The van der Waals surface area contributed by atoms with E-state index in [0.717, 1.165) is 5.76 Å². The lowest BCUT2D eigenvalue weighted by Gasteiger charge is -1.84. The van der Waals surface area contributed by atoms with Gasteiger partial charge in [0.25, 0.3) is 5.89 Å². The third kappa shape index (κ3) is 1.11. The molecule has 0 unspecified atom stereocenters. The molecule has 2 rings (SSSR count). The molecule has 0 spiro atoms. The Bertz CT molecular complexity index is 351. The Hall–Kier alpha value is -1.58. The predicted octanol–water partition coefficient (Wildman–Crippen LogP) is 1.95. The molecule has 12 heavy (non-hydrogen) atoms. The van der Waals surface area contributed by atoms with Gasteiger partial charge in [-0.3, -0.25) is 0 Å². The number of hydrogen-bond donors (Lipinski definition) is 0. The standard InChI is InChI=1S/C8H8N2O2/c1-5-3-4-7(11-5)8-10-9-6(2)12-8/h3-4H,1-2H3. The Morgan fingerprint density at radius 3 is 2.42 bits per heavy atom. The van der Waals surface area contributed by atoms with Crippen LogP contribution >= 0.6 is 0 Å². The Morgan fingerprint density at radius 1 is 1.08 bits per heavy atom. The summed E-state index contributed by atoms with van der Waals surface area (Å²) >= 11 is 0. The lowest BCUT2D eigenvalue weighted by atomic mass is 10.4. The zero-order chi connectivity index (χ0) is 8.55. The van der Waals surface area contributed by atoms with Crippen molar-refractivity contribution >= 4 is 0 Å². The first-order valence-corrected chi connectivity index (χ1v) is 3.62. The quantitative estimate of drug-likeness (QED) is 0.646. The fourth-order valence-corrected chi connectivity index (χ4v) is 0.946. The van der Waals surface area contributed by atoms with Crippen molar-refractivity contribution in [1.29, 1.82) is 0 Å². The van der Waals surface area contributed by atoms with Crippen molar-refractivity contribution < 1.29 is 8.83 Å². The van der Waals surface area contributed by atoms with Gasteiger partial charge in [-0.25, -0.2) is 0 Å². The van der Waals surface area contributed by atoms with Gasteiger partial charge >= 0.3 is 0 Å². The predicted molar refractivity (Wildman–Crippen MR) is 41.5 cm³/mol. The molecule has 0 saturated heterocycles. The molecule has 62 valence electrons. The van der Waals surface area contributed by atoms with E-state index in [1.165, 1.54) is 0 Å². The van der Waals surface area contributed by atoms with E-state index < -0.39 is 0 Å². The molecule has 0 N–H and O–H groups in total. The van der Waals surface area contributed by atoms with Gasteiger partial charge in [-0.1, -0.05) is 0 Å². The van der Waals surface area contributed by atoms with Crippen LogP contribution in [-0.4, -0.2) is 10.2 Å². The lowest BCUT2D eigenvalue weighted by Crippen LogP contribution is -1.72. The highest BCUT2D eigenvalue weighted by molar-refractivity contribution is 5.43. The monoisotopic (exact) mass is 164 g/mol. The molecule has 2 heterocycles. The van der Waals surface area contributed by atoms with E-state index in [-0.39, 0.29) is 0 Å². The second-order valence-corrected chi connectivity index (χ2v) is 2.54. The summed E-state index contributed by atoms with van der Waals surface area (Å²) in [6.07, 6.45) is 0. The van der Waals surface area contributed by atoms with Crippen LogP contribution in [0.1, 0.15) is 11.7 Å². The van der Waals surface area contributed by atoms with Gasteiger partial charge in [-0.15, -0.1) is 10.2 Å². The van der Waals surface area contributed by atoms with E-state index in [0.29, 0.717) is 17.5 Å². The Morgan fingerprint density at radius 2 is 1.92 bits per heavy atom. The Balaban J connectivity index is 2.43. The van der Waals surface area contributed by atoms with Crippen LogP contribution in [0.4, 0.5) is 0 Å². The van der Waals surface area contributed by atoms with Crippen LogP contribution in [0.25, 0.3) is 11.7 Å². The molecule has 0 aliphatic heterocycles. The molecule has 0 amide bonds. The van der Waals surface area contributed by atoms with Gasteiger partial charge in [0.1, 0.15) is 5.76 Å². The van der Waals surface area contributed by atoms with E-state index >= 15 is 0 Å². The summed E-state index contributed by atoms with van der Waals surface area (Å²) < 4.78 is 10.5. The van der Waals surface area contributed by atoms with Crippen molar-refractivity contribution in [2.45, 2.75) is 13.8 Å². The van der Waals surface area contributed by atoms with Gasteiger partial charge in [0.05, 0.1) is 0 Å². The zero-order valence-electron chi connectivity index (χ0n) is 6.87. The van der Waals surface area contributed by atoms with Crippen LogP contribution in [0.15, 0.2) is 21.0 Å². The molecule has 0 atom stereocenters. The zero-order valence-corrected chi connectivity index (χ0v) is 6.87. The van der Waals surface area contributed by atoms with Crippen LogP contribution in [0, 0.1) is 13.8 Å². The topological polar surface area (TPSA) is 52.1 Å². The van der Waals surface area contributed by atoms with Crippen LogP contribution in [0.2, 0.25) is 0 Å². The maximum atomic E-state index is 5.29. The number of aromatic nitrogens is 2. The van der Waals surface area contributed by atoms with Crippen molar-refractivity contribution in [3.63, 3.8) is 0 Å². The fraction of sp³-hybridized carbons (Fsp3) is 0.250. The van der Waals surface area contributed by atoms with Crippen molar-refractivity contribution in [2.75, 3.05) is 0 Å². The summed E-state index contributed by atoms with van der Waals surface area (Å²) in [4.78, 5) is 0. The van der Waals surface area contributed by atoms with Gasteiger partial charge in [-0.2, -0.15) is 0 Å². The van der Waals surface area contributed by atoms with E-state index in [1.54, 1.807) is 6.92 Å². The summed E-state index contributed by atoms with van der Waals surface area (Å²) in [5.41, 5.74) is 0. The molecule has 0 aromatic carbocycles. The largest absolute Gasteiger partial charge is 0.456 e. The molecule has 0 saturated carbocycles. The first kappa shape index (κ1) is 7.09. The van der Waals surface area contributed by atoms with Crippen LogP contribution < -0.4 is 0 Å². The highest BCUT2D eigenvalue weighted by Gasteiger charge is 2.08. The first-order valence-electron chi connectivity index (χ1n) is 3.62. The minimum absolute atomic E-state index is 0.431. The Kier molecular flexibility index (Phi) is 1.46. The van der Waals surface area contributed by atoms with Crippen LogP contribution in [-0.2, 0) is 0 Å². The minimum Gasteiger partial charge on any atom is -0.456 e. The fourth-order valence-electron chi connectivity index (χ4n) is 0.946. The van der Waals surface area contributed by atoms with Gasteiger partial charge in [0, 0.05) is 6.92 Å². The SMILES string of the molecule is Cc1ccc(-c2nnc(C)o2)o1. The summed E-state index contributed by atoms with van der Waals surface area (Å²) in [6, 6.07) is 3.66. The third-order valence-electron chi connectivity index (χ3n) is 1.48. The average Bonchev–Trinajstić information content (AvgIpc) is 2.58. The van der Waals surface area contributed by atoms with Crippen molar-refractivity contribution in [3.8, 4) is 11.7 Å². The highest BCUT2D eigenvalue weighted by Crippen LogP contribution is 2.19. The van der Waals surface area contributed by atoms with E-state index in [1.807, 2.05) is 19.1 Å². The maximum Gasteiger partial charge on any atom is 0.283 e. The molecule has 4 heteroatoms. The lowest BCUT2D eigenvalue weighted by molar-refractivity contribution is 0.486.